The number of hydrogen-bond acceptors (Lipinski definition) is 1. The molecule has 0 heterocycles. The Bertz CT molecular complexity index is 830. The van der Waals surface area contributed by atoms with Crippen molar-refractivity contribution in [3.05, 3.63) is 121 Å². The van der Waals surface area contributed by atoms with E-state index in [9.17, 15) is 0 Å². The Hall–Kier alpha value is -2.73. The molecule has 0 spiro atoms. The fourth-order valence-corrected chi connectivity index (χ4v) is 9.76. The first-order valence-electron chi connectivity index (χ1n) is 9.13. The van der Waals surface area contributed by atoms with E-state index in [-0.39, 0.29) is 0 Å². The average molecular weight is 370 g/mol. The molecule has 0 saturated heterocycles. The van der Waals surface area contributed by atoms with Gasteiger partial charge < -0.3 is 0 Å². The van der Waals surface area contributed by atoms with Crippen molar-refractivity contribution in [2.24, 2.45) is 0 Å². The Morgan fingerprint density at radius 2 is 0.630 bits per heavy atom. The molecule has 0 saturated carbocycles. The monoisotopic (exact) mass is 370 g/mol. The van der Waals surface area contributed by atoms with E-state index in [1.165, 1.54) is 21.2 Å². The molecule has 27 heavy (non-hydrogen) atoms. The Balaban J connectivity index is 2.27. The van der Waals surface area contributed by atoms with Crippen LogP contribution < -0.4 is 21.2 Å². The van der Waals surface area contributed by atoms with Crippen LogP contribution in [0, 0.1) is 0 Å². The summed E-state index contributed by atoms with van der Waals surface area (Å²) in [5.74, 6) is 0. The molecule has 0 fully saturated rings. The van der Waals surface area contributed by atoms with E-state index in [2.05, 4.69) is 121 Å². The molecule has 0 amide bonds. The Morgan fingerprint density at radius 1 is 0.407 bits per heavy atom. The van der Waals surface area contributed by atoms with E-state index < -0.39 is 6.83 Å². The topological polar surface area (TPSA) is 9.23 Å². The van der Waals surface area contributed by atoms with Crippen LogP contribution >= 0.6 is 6.83 Å². The van der Waals surface area contributed by atoms with Gasteiger partial charge in [0.1, 0.15) is 0 Å². The third-order valence-electron chi connectivity index (χ3n) is 5.36. The minimum atomic E-state index is -3.34. The summed E-state index contributed by atoms with van der Waals surface area (Å²) in [5.41, 5.74) is 0. The molecule has 4 aromatic carbocycles. The van der Waals surface area contributed by atoms with Gasteiger partial charge in [0.2, 0.25) is 0 Å². The molecule has 0 aliphatic rings. The molecule has 0 aliphatic carbocycles. The van der Waals surface area contributed by atoms with E-state index in [4.69, 9.17) is 4.52 Å². The molecule has 0 radical (unpaired) electrons. The predicted octanol–water partition coefficient (Wildman–Crippen LogP) is 4.40. The van der Waals surface area contributed by atoms with E-state index in [1.807, 2.05) is 7.11 Å². The van der Waals surface area contributed by atoms with Crippen LogP contribution in [0.3, 0.4) is 0 Å². The van der Waals surface area contributed by atoms with Gasteiger partial charge in [-0.25, -0.2) is 0 Å². The second kappa shape index (κ2) is 7.12. The van der Waals surface area contributed by atoms with Gasteiger partial charge in [0.05, 0.1) is 0 Å². The van der Waals surface area contributed by atoms with Gasteiger partial charge in [-0.05, 0) is 0 Å². The van der Waals surface area contributed by atoms with Crippen molar-refractivity contribution >= 4 is 28.0 Å². The zero-order valence-corrected chi connectivity index (χ0v) is 16.3. The van der Waals surface area contributed by atoms with Crippen molar-refractivity contribution in [2.45, 2.75) is 0 Å². The summed E-state index contributed by atoms with van der Waals surface area (Å²) < 4.78 is 6.80. The van der Waals surface area contributed by atoms with Crippen LogP contribution in [0.15, 0.2) is 121 Å². The molecule has 0 aromatic heterocycles. The summed E-state index contributed by atoms with van der Waals surface area (Å²) >= 11 is 0. The fraction of sp³-hybridized carbons (Fsp3) is 0.0400. The Kier molecular flexibility index (Phi) is 4.66. The van der Waals surface area contributed by atoms with Crippen molar-refractivity contribution < 1.29 is 4.52 Å². The first-order chi connectivity index (χ1) is 13.3. The van der Waals surface area contributed by atoms with Gasteiger partial charge >= 0.3 is 161 Å². The molecule has 0 aliphatic heterocycles. The van der Waals surface area contributed by atoms with Crippen molar-refractivity contribution in [3.63, 3.8) is 0 Å². The standard InChI is InChI=1S/C25H23OP/c1-26-27(22-14-6-2-7-15-22,23-16-8-3-9-17-23,24-18-10-4-11-19-24)25-20-12-5-13-21-25/h2-21H,1H3. The van der Waals surface area contributed by atoms with Gasteiger partial charge in [-0.1, -0.05) is 0 Å². The van der Waals surface area contributed by atoms with Crippen LogP contribution in [0.5, 0.6) is 0 Å². The molecule has 134 valence electrons. The van der Waals surface area contributed by atoms with Gasteiger partial charge in [0.15, 0.2) is 0 Å². The van der Waals surface area contributed by atoms with E-state index in [0.717, 1.165) is 0 Å². The predicted molar refractivity (Wildman–Crippen MR) is 118 cm³/mol. The van der Waals surface area contributed by atoms with Crippen molar-refractivity contribution in [1.29, 1.82) is 0 Å². The molecule has 0 atom stereocenters. The third kappa shape index (κ3) is 2.47. The summed E-state index contributed by atoms with van der Waals surface area (Å²) in [6, 6.07) is 42.7. The summed E-state index contributed by atoms with van der Waals surface area (Å²) in [6.45, 7) is -3.34. The summed E-state index contributed by atoms with van der Waals surface area (Å²) in [7, 11) is 1.86. The average Bonchev–Trinajstić information content (AvgIpc) is 2.78. The van der Waals surface area contributed by atoms with Crippen molar-refractivity contribution in [1.82, 2.24) is 0 Å². The molecule has 2 heteroatoms. The fourth-order valence-electron chi connectivity index (χ4n) is 4.17. The SMILES string of the molecule is COP(c1ccccc1)(c1ccccc1)(c1ccccc1)c1ccccc1. The maximum absolute atomic E-state index is 6.80. The van der Waals surface area contributed by atoms with Gasteiger partial charge in [0, 0.05) is 0 Å². The van der Waals surface area contributed by atoms with Gasteiger partial charge in [-0.3, -0.25) is 0 Å². The first-order valence-corrected chi connectivity index (χ1v) is 11.3. The first kappa shape index (κ1) is 17.7. The molecular formula is C25H23OP. The van der Waals surface area contributed by atoms with E-state index in [1.54, 1.807) is 0 Å². The quantitative estimate of drug-likeness (QED) is 0.473. The molecule has 1 nitrogen and oxygen atoms in total. The Labute approximate surface area is 161 Å². The minimum absolute atomic E-state index is 1.20. The van der Waals surface area contributed by atoms with Crippen LogP contribution in [0.25, 0.3) is 0 Å². The molecule has 4 aromatic rings. The van der Waals surface area contributed by atoms with E-state index >= 15 is 0 Å². The normalized spacial score (nSPS) is 12.9. The summed E-state index contributed by atoms with van der Waals surface area (Å²) in [5, 5.41) is 4.81. The van der Waals surface area contributed by atoms with Crippen LogP contribution in [0.4, 0.5) is 0 Å². The zero-order valence-electron chi connectivity index (χ0n) is 15.4. The molecule has 0 N–H and O–H groups in total. The van der Waals surface area contributed by atoms with Crippen LogP contribution in [0.2, 0.25) is 0 Å². The number of hydrogen-bond donors (Lipinski definition) is 0. The summed E-state index contributed by atoms with van der Waals surface area (Å²) in [6.07, 6.45) is 0. The van der Waals surface area contributed by atoms with Gasteiger partial charge in [0.25, 0.3) is 0 Å². The van der Waals surface area contributed by atoms with Gasteiger partial charge in [-0.15, -0.1) is 0 Å². The number of rotatable bonds is 5. The van der Waals surface area contributed by atoms with Crippen molar-refractivity contribution in [2.75, 3.05) is 7.11 Å². The Morgan fingerprint density at radius 3 is 0.815 bits per heavy atom. The third-order valence-corrected chi connectivity index (χ3v) is 11.2. The van der Waals surface area contributed by atoms with E-state index in [0.29, 0.717) is 0 Å². The molecule has 0 bridgehead atoms. The van der Waals surface area contributed by atoms with Crippen molar-refractivity contribution in [3.8, 4) is 0 Å². The molecule has 4 rings (SSSR count). The van der Waals surface area contributed by atoms with Gasteiger partial charge in [-0.2, -0.15) is 0 Å². The molecule has 0 unspecified atom stereocenters. The second-order valence-electron chi connectivity index (χ2n) is 6.56. The maximum atomic E-state index is 6.80. The van der Waals surface area contributed by atoms with Crippen LogP contribution in [-0.4, -0.2) is 7.11 Å². The molecular weight excluding hydrogens is 347 g/mol. The zero-order chi connectivity index (χ0) is 18.6. The second-order valence-corrected chi connectivity index (χ2v) is 11.1. The van der Waals surface area contributed by atoms with Crippen LogP contribution in [0.1, 0.15) is 0 Å². The summed E-state index contributed by atoms with van der Waals surface area (Å²) in [4.78, 5) is 0. The number of benzene rings is 4. The van der Waals surface area contributed by atoms with Crippen LogP contribution in [-0.2, 0) is 4.52 Å².